The van der Waals surface area contributed by atoms with E-state index in [4.69, 9.17) is 0 Å². The van der Waals surface area contributed by atoms with Crippen molar-refractivity contribution in [3.63, 3.8) is 0 Å². The van der Waals surface area contributed by atoms with E-state index in [1.165, 1.54) is 25.1 Å². The van der Waals surface area contributed by atoms with Gasteiger partial charge in [-0.25, -0.2) is 18.4 Å². The summed E-state index contributed by atoms with van der Waals surface area (Å²) in [5.74, 6) is -0.430. The molecule has 10 heteroatoms. The summed E-state index contributed by atoms with van der Waals surface area (Å²) >= 11 is 0. The molecule has 0 spiro atoms. The Balaban J connectivity index is 1.78. The number of aromatic nitrogens is 2. The second kappa shape index (κ2) is 8.75. The highest BCUT2D eigenvalue weighted by atomic mass is 32.2. The highest BCUT2D eigenvalue weighted by molar-refractivity contribution is 7.90. The fourth-order valence-electron chi connectivity index (χ4n) is 3.24. The smallest absolute Gasteiger partial charge is 0.270 e. The number of ketones is 1. The largest absolute Gasteiger partial charge is 0.339 e. The molecule has 3 aromatic carbocycles. The maximum atomic E-state index is 13.1. The van der Waals surface area contributed by atoms with Crippen molar-refractivity contribution >= 4 is 43.8 Å². The minimum Gasteiger partial charge on any atom is -0.339 e. The molecule has 0 amide bonds. The molecular weight excluding hydrogens is 444 g/mol. The highest BCUT2D eigenvalue weighted by Crippen LogP contribution is 2.27. The summed E-state index contributed by atoms with van der Waals surface area (Å²) in [5, 5.41) is 14.1. The SMILES string of the molecule is CC(=O)c1cccc(Nc2nc3ccccc3nc2CS(=O)(=O)c2cccc([N+](=O)[O-])c2)c1. The first-order chi connectivity index (χ1) is 15.7. The first-order valence-corrected chi connectivity index (χ1v) is 11.5. The van der Waals surface area contributed by atoms with Gasteiger partial charge >= 0.3 is 0 Å². The Morgan fingerprint density at radius 1 is 0.970 bits per heavy atom. The molecule has 1 N–H and O–H groups in total. The standard InChI is InChI=1S/C23H18N4O5S/c1-15(28)16-6-4-7-17(12-16)24-23-22(25-20-10-2-3-11-21(20)26-23)14-33(31,32)19-9-5-8-18(13-19)27(29)30/h2-13H,14H2,1H3,(H,24,26). The number of benzene rings is 3. The molecule has 0 aliphatic heterocycles. The predicted octanol–water partition coefficient (Wildman–Crippen LogP) is 4.46. The van der Waals surface area contributed by atoms with Gasteiger partial charge in [-0.3, -0.25) is 14.9 Å². The van der Waals surface area contributed by atoms with Crippen molar-refractivity contribution in [3.05, 3.63) is 94.2 Å². The van der Waals surface area contributed by atoms with Gasteiger partial charge < -0.3 is 5.32 Å². The number of Topliss-reactive ketones (excluding diaryl/α,β-unsaturated/α-hetero) is 1. The summed E-state index contributed by atoms with van der Waals surface area (Å²) in [6.07, 6.45) is 0. The molecule has 0 aliphatic carbocycles. The van der Waals surface area contributed by atoms with Crippen LogP contribution in [0.4, 0.5) is 17.2 Å². The molecule has 9 nitrogen and oxygen atoms in total. The van der Waals surface area contributed by atoms with E-state index >= 15 is 0 Å². The van der Waals surface area contributed by atoms with E-state index in [0.717, 1.165) is 6.07 Å². The summed E-state index contributed by atoms with van der Waals surface area (Å²) in [6.45, 7) is 1.45. The average molecular weight is 462 g/mol. The van der Waals surface area contributed by atoms with Crippen LogP contribution in [-0.2, 0) is 15.6 Å². The van der Waals surface area contributed by atoms with Gasteiger partial charge in [-0.1, -0.05) is 30.3 Å². The Morgan fingerprint density at radius 3 is 2.36 bits per heavy atom. The van der Waals surface area contributed by atoms with E-state index in [-0.39, 0.29) is 27.9 Å². The Morgan fingerprint density at radius 2 is 1.67 bits per heavy atom. The van der Waals surface area contributed by atoms with Crippen LogP contribution >= 0.6 is 0 Å². The molecule has 1 aromatic heterocycles. The van der Waals surface area contributed by atoms with Crippen LogP contribution in [0.2, 0.25) is 0 Å². The molecule has 166 valence electrons. The number of non-ortho nitro benzene ring substituents is 1. The number of para-hydroxylation sites is 2. The zero-order valence-corrected chi connectivity index (χ0v) is 18.2. The molecule has 1 heterocycles. The number of anilines is 2. The molecule has 0 aliphatic rings. The van der Waals surface area contributed by atoms with Crippen LogP contribution in [-0.4, -0.2) is 29.1 Å². The van der Waals surface area contributed by atoms with E-state index in [1.807, 2.05) is 0 Å². The lowest BCUT2D eigenvalue weighted by Gasteiger charge is -2.13. The number of nitro benzene ring substituents is 1. The monoisotopic (exact) mass is 462 g/mol. The third-order valence-corrected chi connectivity index (χ3v) is 6.51. The summed E-state index contributed by atoms with van der Waals surface area (Å²) in [5.41, 5.74) is 1.92. The first kappa shape index (κ1) is 22.0. The van der Waals surface area contributed by atoms with Gasteiger partial charge in [0.1, 0.15) is 5.75 Å². The van der Waals surface area contributed by atoms with Crippen molar-refractivity contribution in [2.75, 3.05) is 5.32 Å². The number of nitrogens with zero attached hydrogens (tertiary/aromatic N) is 3. The average Bonchev–Trinajstić information content (AvgIpc) is 2.79. The summed E-state index contributed by atoms with van der Waals surface area (Å²) in [6, 6.07) is 18.6. The Bertz CT molecular complexity index is 1500. The minimum absolute atomic E-state index is 0.114. The Labute approximate surface area is 189 Å². The van der Waals surface area contributed by atoms with Crippen molar-refractivity contribution in [1.82, 2.24) is 9.97 Å². The Kier molecular flexibility index (Phi) is 5.84. The van der Waals surface area contributed by atoms with Gasteiger partial charge in [0.2, 0.25) is 0 Å². The predicted molar refractivity (Wildman–Crippen MR) is 123 cm³/mol. The van der Waals surface area contributed by atoms with Gasteiger partial charge in [-0.2, -0.15) is 0 Å². The van der Waals surface area contributed by atoms with Gasteiger partial charge in [0.15, 0.2) is 21.4 Å². The second-order valence-corrected chi connectivity index (χ2v) is 9.27. The highest BCUT2D eigenvalue weighted by Gasteiger charge is 2.22. The van der Waals surface area contributed by atoms with Crippen LogP contribution < -0.4 is 5.32 Å². The molecule has 33 heavy (non-hydrogen) atoms. The maximum Gasteiger partial charge on any atom is 0.270 e. The number of sulfone groups is 1. The molecule has 0 saturated carbocycles. The third-order valence-electron chi connectivity index (χ3n) is 4.89. The third kappa shape index (κ3) is 4.85. The summed E-state index contributed by atoms with van der Waals surface area (Å²) in [4.78, 5) is 31.0. The summed E-state index contributed by atoms with van der Waals surface area (Å²) in [7, 11) is -3.98. The molecule has 4 aromatic rings. The van der Waals surface area contributed by atoms with Crippen LogP contribution in [0.5, 0.6) is 0 Å². The molecule has 0 unspecified atom stereocenters. The number of carbonyl (C=O) groups is 1. The maximum absolute atomic E-state index is 13.1. The molecule has 0 radical (unpaired) electrons. The van der Waals surface area contributed by atoms with Crippen molar-refractivity contribution in [1.29, 1.82) is 0 Å². The van der Waals surface area contributed by atoms with Crippen LogP contribution in [0.25, 0.3) is 11.0 Å². The van der Waals surface area contributed by atoms with E-state index in [1.54, 1.807) is 48.5 Å². The van der Waals surface area contributed by atoms with Gasteiger partial charge in [0.25, 0.3) is 5.69 Å². The van der Waals surface area contributed by atoms with Crippen molar-refractivity contribution in [2.45, 2.75) is 17.6 Å². The normalized spacial score (nSPS) is 11.3. The van der Waals surface area contributed by atoms with Crippen LogP contribution in [0, 0.1) is 10.1 Å². The topological polar surface area (TPSA) is 132 Å². The van der Waals surface area contributed by atoms with Gasteiger partial charge in [-0.15, -0.1) is 0 Å². The van der Waals surface area contributed by atoms with E-state index < -0.39 is 20.5 Å². The number of carbonyl (C=O) groups excluding carboxylic acids is 1. The Hall–Kier alpha value is -4.18. The van der Waals surface area contributed by atoms with Crippen LogP contribution in [0.3, 0.4) is 0 Å². The van der Waals surface area contributed by atoms with E-state index in [2.05, 4.69) is 15.3 Å². The number of nitrogens with one attached hydrogen (secondary N) is 1. The number of fused-ring (bicyclic) bond motifs is 1. The lowest BCUT2D eigenvalue weighted by molar-refractivity contribution is -0.385. The van der Waals surface area contributed by atoms with Gasteiger partial charge in [0.05, 0.1) is 26.5 Å². The fraction of sp³-hybridized carbons (Fsp3) is 0.0870. The van der Waals surface area contributed by atoms with Crippen LogP contribution in [0.15, 0.2) is 77.7 Å². The molecule has 0 atom stereocenters. The van der Waals surface area contributed by atoms with Crippen molar-refractivity contribution in [2.24, 2.45) is 0 Å². The molecule has 0 bridgehead atoms. The minimum atomic E-state index is -3.98. The number of rotatable bonds is 7. The fourth-order valence-corrected chi connectivity index (χ4v) is 4.56. The molecule has 0 saturated heterocycles. The number of nitro groups is 1. The lowest BCUT2D eigenvalue weighted by atomic mass is 10.1. The molecule has 4 rings (SSSR count). The molecule has 0 fully saturated rings. The second-order valence-electron chi connectivity index (χ2n) is 7.28. The number of hydrogen-bond donors (Lipinski definition) is 1. The van der Waals surface area contributed by atoms with Crippen LogP contribution in [0.1, 0.15) is 23.0 Å². The van der Waals surface area contributed by atoms with Crippen molar-refractivity contribution in [3.8, 4) is 0 Å². The van der Waals surface area contributed by atoms with Crippen molar-refractivity contribution < 1.29 is 18.1 Å². The molecular formula is C23H18N4O5S. The van der Waals surface area contributed by atoms with E-state index in [0.29, 0.717) is 22.3 Å². The van der Waals surface area contributed by atoms with Gasteiger partial charge in [0, 0.05) is 23.4 Å². The van der Waals surface area contributed by atoms with E-state index in [9.17, 15) is 23.3 Å². The first-order valence-electron chi connectivity index (χ1n) is 9.84. The number of hydrogen-bond acceptors (Lipinski definition) is 8. The zero-order chi connectivity index (χ0) is 23.6. The quantitative estimate of drug-likeness (QED) is 0.242. The van der Waals surface area contributed by atoms with Gasteiger partial charge in [-0.05, 0) is 37.3 Å². The lowest BCUT2D eigenvalue weighted by Crippen LogP contribution is -2.11. The summed E-state index contributed by atoms with van der Waals surface area (Å²) < 4.78 is 26.2. The zero-order valence-electron chi connectivity index (χ0n) is 17.4.